The zero-order valence-corrected chi connectivity index (χ0v) is 23.8. The summed E-state index contributed by atoms with van der Waals surface area (Å²) in [6, 6.07) is 9.76. The summed E-state index contributed by atoms with van der Waals surface area (Å²) in [7, 11) is 0. The summed E-state index contributed by atoms with van der Waals surface area (Å²) in [4.78, 5) is 49.9. The van der Waals surface area contributed by atoms with Gasteiger partial charge in [-0.1, -0.05) is 50.2 Å². The summed E-state index contributed by atoms with van der Waals surface area (Å²) < 4.78 is 89.3. The fraction of sp³-hybridized carbons (Fsp3) is 0.333. The molecule has 0 bridgehead atoms. The van der Waals surface area contributed by atoms with E-state index in [1.165, 1.54) is 0 Å². The second-order valence-electron chi connectivity index (χ2n) is 10.2. The standard InChI is InChI=1S/C30H28F6N2O7/c1-16(2)27(38-25(40)15-45-24-9-5-7-17-6-3-4-8-21(17)24)28(43)37-22(13-26(41)42)23(39)14-44-20-11-18(29(31,32)33)10-19(12-20)30(34,35)36/h3-12,16,22,27H,13-15H2,1-2H3,(H,37,43)(H,38,40)(H,41,42)/t22-,27-/m0/s1. The Morgan fingerprint density at radius 2 is 1.40 bits per heavy atom. The van der Waals surface area contributed by atoms with Crippen LogP contribution >= 0.6 is 0 Å². The van der Waals surface area contributed by atoms with Gasteiger partial charge in [0.1, 0.15) is 30.2 Å². The van der Waals surface area contributed by atoms with E-state index in [4.69, 9.17) is 9.47 Å². The smallest absolute Gasteiger partial charge is 0.416 e. The minimum atomic E-state index is -5.17. The van der Waals surface area contributed by atoms with Crippen LogP contribution in [-0.2, 0) is 31.5 Å². The van der Waals surface area contributed by atoms with Crippen LogP contribution in [0.4, 0.5) is 26.3 Å². The molecule has 0 unspecified atom stereocenters. The lowest BCUT2D eigenvalue weighted by Crippen LogP contribution is -2.55. The number of alkyl halides is 6. The van der Waals surface area contributed by atoms with E-state index in [1.807, 2.05) is 18.2 Å². The molecule has 0 saturated carbocycles. The predicted octanol–water partition coefficient (Wildman–Crippen LogP) is 5.00. The van der Waals surface area contributed by atoms with Crippen LogP contribution in [0.1, 0.15) is 31.4 Å². The van der Waals surface area contributed by atoms with Crippen LogP contribution in [0.25, 0.3) is 10.8 Å². The van der Waals surface area contributed by atoms with Crippen molar-refractivity contribution in [3.8, 4) is 11.5 Å². The van der Waals surface area contributed by atoms with Crippen molar-refractivity contribution >= 4 is 34.3 Å². The quantitative estimate of drug-likeness (QED) is 0.224. The number of ketones is 1. The summed E-state index contributed by atoms with van der Waals surface area (Å²) in [5, 5.41) is 15.5. The molecule has 3 rings (SSSR count). The van der Waals surface area contributed by atoms with Gasteiger partial charge < -0.3 is 25.2 Å². The molecule has 3 aromatic rings. The van der Waals surface area contributed by atoms with Crippen LogP contribution in [0.15, 0.2) is 60.7 Å². The molecular formula is C30H28F6N2O7. The molecule has 0 radical (unpaired) electrons. The molecule has 0 saturated heterocycles. The Bertz CT molecular complexity index is 1520. The first kappa shape index (κ1) is 34.7. The third-order valence-corrected chi connectivity index (χ3v) is 6.40. The summed E-state index contributed by atoms with van der Waals surface area (Å²) in [5.74, 6) is -5.53. The maximum atomic E-state index is 13.1. The summed E-state index contributed by atoms with van der Waals surface area (Å²) in [6.07, 6.45) is -11.3. The van der Waals surface area contributed by atoms with Crippen LogP contribution in [-0.4, -0.2) is 54.0 Å². The number of fused-ring (bicyclic) bond motifs is 1. The van der Waals surface area contributed by atoms with Gasteiger partial charge in [0.25, 0.3) is 5.91 Å². The van der Waals surface area contributed by atoms with Crippen LogP contribution in [0.3, 0.4) is 0 Å². The van der Waals surface area contributed by atoms with Gasteiger partial charge in [-0.15, -0.1) is 0 Å². The van der Waals surface area contributed by atoms with E-state index in [1.54, 1.807) is 38.1 Å². The average Bonchev–Trinajstić information content (AvgIpc) is 2.95. The molecule has 0 heterocycles. The van der Waals surface area contributed by atoms with Crippen molar-refractivity contribution in [3.05, 3.63) is 71.8 Å². The van der Waals surface area contributed by atoms with E-state index in [9.17, 15) is 50.6 Å². The molecule has 242 valence electrons. The first-order valence-corrected chi connectivity index (χ1v) is 13.3. The minimum Gasteiger partial charge on any atom is -0.486 e. The Balaban J connectivity index is 1.69. The maximum Gasteiger partial charge on any atom is 0.416 e. The fourth-order valence-corrected chi connectivity index (χ4v) is 4.16. The third-order valence-electron chi connectivity index (χ3n) is 6.40. The molecule has 2 atom stereocenters. The SMILES string of the molecule is CC(C)[C@H](NC(=O)COc1cccc2ccccc12)C(=O)N[C@@H](CC(=O)O)C(=O)COc1cc(C(F)(F)F)cc(C(F)(F)F)c1. The molecule has 3 N–H and O–H groups in total. The van der Waals surface area contributed by atoms with Crippen molar-refractivity contribution in [2.45, 2.75) is 44.7 Å². The highest BCUT2D eigenvalue weighted by atomic mass is 19.4. The molecule has 3 aromatic carbocycles. The van der Waals surface area contributed by atoms with Crippen LogP contribution in [0.2, 0.25) is 0 Å². The number of carbonyl (C=O) groups excluding carboxylic acids is 3. The molecule has 0 aromatic heterocycles. The molecule has 0 fully saturated rings. The third kappa shape index (κ3) is 9.84. The van der Waals surface area contributed by atoms with Crippen molar-refractivity contribution in [2.75, 3.05) is 13.2 Å². The Morgan fingerprint density at radius 3 is 1.98 bits per heavy atom. The van der Waals surface area contributed by atoms with Gasteiger partial charge >= 0.3 is 18.3 Å². The van der Waals surface area contributed by atoms with Gasteiger partial charge in [0.2, 0.25) is 5.91 Å². The van der Waals surface area contributed by atoms with Crippen LogP contribution in [0.5, 0.6) is 11.5 Å². The molecule has 0 spiro atoms. The zero-order valence-electron chi connectivity index (χ0n) is 23.8. The highest BCUT2D eigenvalue weighted by Crippen LogP contribution is 2.38. The summed E-state index contributed by atoms with van der Waals surface area (Å²) >= 11 is 0. The van der Waals surface area contributed by atoms with Crippen LogP contribution in [0, 0.1) is 5.92 Å². The summed E-state index contributed by atoms with van der Waals surface area (Å²) in [6.45, 7) is 1.44. The van der Waals surface area contributed by atoms with E-state index in [2.05, 4.69) is 10.6 Å². The Hall–Kier alpha value is -4.82. The Labute approximate surface area is 252 Å². The van der Waals surface area contributed by atoms with E-state index in [0.717, 1.165) is 10.8 Å². The largest absolute Gasteiger partial charge is 0.486 e. The Morgan fingerprint density at radius 1 is 0.800 bits per heavy atom. The number of nitrogens with one attached hydrogen (secondary N) is 2. The minimum absolute atomic E-state index is 0.129. The van der Waals surface area contributed by atoms with Gasteiger partial charge in [-0.25, -0.2) is 0 Å². The van der Waals surface area contributed by atoms with E-state index < -0.39 is 90.4 Å². The number of ether oxygens (including phenoxy) is 2. The monoisotopic (exact) mass is 642 g/mol. The van der Waals surface area contributed by atoms with Crippen molar-refractivity contribution < 1.29 is 60.1 Å². The van der Waals surface area contributed by atoms with Crippen molar-refractivity contribution in [1.29, 1.82) is 0 Å². The maximum absolute atomic E-state index is 13.1. The number of amides is 2. The average molecular weight is 643 g/mol. The zero-order chi connectivity index (χ0) is 33.5. The highest BCUT2D eigenvalue weighted by molar-refractivity contribution is 5.95. The lowest BCUT2D eigenvalue weighted by molar-refractivity contribution is -0.144. The van der Waals surface area contributed by atoms with Crippen LogP contribution < -0.4 is 20.1 Å². The van der Waals surface area contributed by atoms with Gasteiger partial charge in [0, 0.05) is 5.39 Å². The van der Waals surface area contributed by atoms with Crippen molar-refractivity contribution in [2.24, 2.45) is 5.92 Å². The topological polar surface area (TPSA) is 131 Å². The summed E-state index contributed by atoms with van der Waals surface area (Å²) in [5.41, 5.74) is -3.37. The fourth-order valence-electron chi connectivity index (χ4n) is 4.16. The first-order chi connectivity index (χ1) is 21.0. The number of carbonyl (C=O) groups is 4. The van der Waals surface area contributed by atoms with E-state index in [-0.39, 0.29) is 18.2 Å². The molecule has 15 heteroatoms. The molecular weight excluding hydrogens is 614 g/mol. The normalized spacial score (nSPS) is 13.2. The number of halogens is 6. The number of hydrogen-bond acceptors (Lipinski definition) is 6. The molecule has 9 nitrogen and oxygen atoms in total. The molecule has 0 aliphatic rings. The second kappa shape index (κ2) is 14.3. The van der Waals surface area contributed by atoms with Crippen molar-refractivity contribution in [3.63, 3.8) is 0 Å². The lowest BCUT2D eigenvalue weighted by atomic mass is 10.0. The highest BCUT2D eigenvalue weighted by Gasteiger charge is 2.37. The Kier molecular flexibility index (Phi) is 11.0. The number of aliphatic carboxylic acids is 1. The van der Waals surface area contributed by atoms with Gasteiger partial charge in [0.05, 0.1) is 17.5 Å². The number of Topliss-reactive ketones (excluding diaryl/α,β-unsaturated/α-hetero) is 1. The van der Waals surface area contributed by atoms with E-state index >= 15 is 0 Å². The number of rotatable bonds is 13. The number of benzene rings is 3. The van der Waals surface area contributed by atoms with Gasteiger partial charge in [-0.2, -0.15) is 26.3 Å². The van der Waals surface area contributed by atoms with E-state index in [0.29, 0.717) is 5.75 Å². The molecule has 45 heavy (non-hydrogen) atoms. The first-order valence-electron chi connectivity index (χ1n) is 13.3. The van der Waals surface area contributed by atoms with Crippen molar-refractivity contribution in [1.82, 2.24) is 10.6 Å². The van der Waals surface area contributed by atoms with Gasteiger partial charge in [-0.3, -0.25) is 19.2 Å². The lowest BCUT2D eigenvalue weighted by Gasteiger charge is -2.24. The molecule has 0 aliphatic carbocycles. The number of carboxylic acid groups (broad SMARTS) is 1. The van der Waals surface area contributed by atoms with Gasteiger partial charge in [-0.05, 0) is 35.6 Å². The predicted molar refractivity (Wildman–Crippen MR) is 147 cm³/mol. The number of hydrogen-bond donors (Lipinski definition) is 3. The number of carboxylic acids is 1. The molecule has 0 aliphatic heterocycles. The molecule has 2 amide bonds. The second-order valence-corrected chi connectivity index (χ2v) is 10.2. The van der Waals surface area contributed by atoms with Gasteiger partial charge in [0.15, 0.2) is 12.4 Å².